The van der Waals surface area contributed by atoms with Crippen molar-refractivity contribution in [1.82, 2.24) is 0 Å². The Balaban J connectivity index is 0. The van der Waals surface area contributed by atoms with Gasteiger partial charge in [0.25, 0.3) is 0 Å². The molecule has 0 fully saturated rings. The van der Waals surface area contributed by atoms with Crippen LogP contribution in [0.15, 0.2) is 0 Å². The molecule has 0 atom stereocenters. The summed E-state index contributed by atoms with van der Waals surface area (Å²) in [6.07, 6.45) is 0. The smallest absolute Gasteiger partial charge is 0.222 e. The van der Waals surface area contributed by atoms with E-state index in [0.717, 1.165) is 0 Å². The summed E-state index contributed by atoms with van der Waals surface area (Å²) in [6, 6.07) is 0. The van der Waals surface area contributed by atoms with Crippen LogP contribution in [0, 0.1) is 10.2 Å². The molecule has 39 valence electrons. The summed E-state index contributed by atoms with van der Waals surface area (Å²) in [4.78, 5) is 0. The van der Waals surface area contributed by atoms with Gasteiger partial charge in [0.05, 0.1) is 0 Å². The Morgan fingerprint density at radius 1 is 0.833 bits per heavy atom. The van der Waals surface area contributed by atoms with Crippen molar-refractivity contribution in [2.75, 3.05) is 0 Å². The van der Waals surface area contributed by atoms with Gasteiger partial charge in [0, 0.05) is 0 Å². The zero-order valence-electron chi connectivity index (χ0n) is 2.36. The van der Waals surface area contributed by atoms with Crippen molar-refractivity contribution >= 4 is 0 Å². The molecule has 0 rings (SSSR count). The molecule has 1 radical (unpaired) electrons. The van der Waals surface area contributed by atoms with Gasteiger partial charge in [0.15, 0.2) is 0 Å². The van der Waals surface area contributed by atoms with Gasteiger partial charge in [-0.05, 0) is 0 Å². The third kappa shape index (κ3) is 147. The van der Waals surface area contributed by atoms with Crippen molar-refractivity contribution in [2.24, 2.45) is 0 Å². The van der Waals surface area contributed by atoms with Crippen LogP contribution < -0.4 is 18.6 Å². The Morgan fingerprint density at radius 3 is 0.833 bits per heavy atom. The maximum atomic E-state index is 8.49. The van der Waals surface area contributed by atoms with Gasteiger partial charge < -0.3 is 0 Å². The van der Waals surface area contributed by atoms with Crippen molar-refractivity contribution in [1.29, 1.82) is 0 Å². The van der Waals surface area contributed by atoms with Crippen molar-refractivity contribution < 1.29 is 45.9 Å². The first kappa shape index (κ1) is 9.82. The summed E-state index contributed by atoms with van der Waals surface area (Å²) < 4.78 is 34.0. The monoisotopic (exact) mass is 155 g/mol. The fourth-order valence-electron chi connectivity index (χ4n) is 0. The van der Waals surface area contributed by atoms with Crippen LogP contribution in [0.2, 0.25) is 0 Å². The molecule has 6 heavy (non-hydrogen) atoms. The van der Waals surface area contributed by atoms with Gasteiger partial charge in [-0.15, -0.1) is 10.2 Å². The van der Waals surface area contributed by atoms with Crippen molar-refractivity contribution in [3.8, 4) is 0 Å². The molecule has 0 aromatic rings. The van der Waals surface area contributed by atoms with Crippen molar-refractivity contribution in [3.05, 3.63) is 0 Å². The fourth-order valence-corrected chi connectivity index (χ4v) is 0. The molecule has 0 bridgehead atoms. The van der Waals surface area contributed by atoms with Crippen LogP contribution in [-0.2, 0) is 17.1 Å². The van der Waals surface area contributed by atoms with E-state index in [2.05, 4.69) is 0 Å². The first-order chi connectivity index (χ1) is 2.00. The summed E-state index contributed by atoms with van der Waals surface area (Å²) >= 11 is 0. The second-order valence-corrected chi connectivity index (χ2v) is 1.13. The van der Waals surface area contributed by atoms with Crippen LogP contribution in [0.4, 0.5) is 0 Å². The third-order valence-corrected chi connectivity index (χ3v) is 0. The average molecular weight is 155 g/mol. The van der Waals surface area contributed by atoms with Gasteiger partial charge in [-0.25, -0.2) is 18.6 Å². The molecule has 0 saturated heterocycles. The Hall–Kier alpha value is 0.649. The van der Waals surface area contributed by atoms with E-state index in [9.17, 15) is 0 Å². The maximum Gasteiger partial charge on any atom is 1.00 e. The molecule has 0 aliphatic carbocycles. The summed E-state index contributed by atoms with van der Waals surface area (Å²) in [5, 5.41) is 0. The largest absolute Gasteiger partial charge is 1.00 e. The Bertz CT molecular complexity index is 23.0. The Kier molecular flexibility index (Phi) is 4.52. The topological polar surface area (TPSA) is 92.2 Å². The minimum atomic E-state index is -4.94. The summed E-state index contributed by atoms with van der Waals surface area (Å²) in [5.41, 5.74) is 0. The summed E-state index contributed by atoms with van der Waals surface area (Å²) in [5.74, 6) is 0. The minimum absolute atomic E-state index is 0. The third-order valence-electron chi connectivity index (χ3n) is 0. The summed E-state index contributed by atoms with van der Waals surface area (Å²) in [7, 11) is -4.94. The van der Waals surface area contributed by atoms with Crippen molar-refractivity contribution in [3.63, 3.8) is 0 Å². The molecule has 0 aliphatic heterocycles. The maximum absolute atomic E-state index is 8.49. The molecule has 0 unspecified atom stereocenters. The van der Waals surface area contributed by atoms with Gasteiger partial charge in [-0.2, -0.15) is 0 Å². The SMILES string of the molecule is [Fe+].[O-][Cl+3]([O-])([O-])[O-]. The zero-order chi connectivity index (χ0) is 4.50. The standard InChI is InChI=1S/ClHO4.Fe/c2-1(3,4)5;/h(H,2,3,4,5);/q;+1/p-1. The second kappa shape index (κ2) is 2.76. The first-order valence-electron chi connectivity index (χ1n) is 0.617. The molecule has 0 amide bonds. The van der Waals surface area contributed by atoms with Crippen LogP contribution in [0.5, 0.6) is 0 Å². The van der Waals surface area contributed by atoms with E-state index in [4.69, 9.17) is 18.6 Å². The molecular formula is ClFeO4. The molecule has 0 aliphatic rings. The van der Waals surface area contributed by atoms with Crippen LogP contribution >= 0.6 is 0 Å². The van der Waals surface area contributed by atoms with Crippen LogP contribution in [0.3, 0.4) is 0 Å². The number of rotatable bonds is 0. The molecule has 0 aromatic carbocycles. The molecule has 4 nitrogen and oxygen atoms in total. The van der Waals surface area contributed by atoms with E-state index in [0.29, 0.717) is 0 Å². The van der Waals surface area contributed by atoms with E-state index in [1.165, 1.54) is 0 Å². The van der Waals surface area contributed by atoms with E-state index < -0.39 is 10.2 Å². The van der Waals surface area contributed by atoms with Gasteiger partial charge in [0.2, 0.25) is 0 Å². The van der Waals surface area contributed by atoms with E-state index in [-0.39, 0.29) is 17.1 Å². The molecule has 0 aromatic heterocycles. The normalized spacial score (nSPS) is 10.0. The van der Waals surface area contributed by atoms with E-state index in [1.807, 2.05) is 0 Å². The van der Waals surface area contributed by atoms with Gasteiger partial charge in [-0.3, -0.25) is 0 Å². The van der Waals surface area contributed by atoms with Gasteiger partial charge >= 0.3 is 17.1 Å². The molecule has 0 heterocycles. The molecule has 6 heteroatoms. The average Bonchev–Trinajstić information content (AvgIpc) is 0.722. The number of hydrogen-bond donors (Lipinski definition) is 0. The van der Waals surface area contributed by atoms with Gasteiger partial charge in [0.1, 0.15) is 0 Å². The Morgan fingerprint density at radius 2 is 0.833 bits per heavy atom. The minimum Gasteiger partial charge on any atom is -0.222 e. The van der Waals surface area contributed by atoms with Crippen molar-refractivity contribution in [2.45, 2.75) is 0 Å². The first-order valence-corrected chi connectivity index (χ1v) is 1.85. The van der Waals surface area contributed by atoms with Crippen LogP contribution in [-0.4, -0.2) is 0 Å². The number of hydrogen-bond acceptors (Lipinski definition) is 4. The fraction of sp³-hybridized carbons (Fsp3) is 0. The predicted octanol–water partition coefficient (Wildman–Crippen LogP) is -4.76. The molecule has 0 saturated carbocycles. The summed E-state index contributed by atoms with van der Waals surface area (Å²) in [6.45, 7) is 0. The van der Waals surface area contributed by atoms with E-state index in [1.54, 1.807) is 0 Å². The Labute approximate surface area is 46.6 Å². The van der Waals surface area contributed by atoms with E-state index >= 15 is 0 Å². The molecule has 0 spiro atoms. The quantitative estimate of drug-likeness (QED) is 0.328. The molecular weight excluding hydrogens is 155 g/mol. The number of halogens is 1. The predicted molar refractivity (Wildman–Crippen MR) is 0 cm³/mol. The van der Waals surface area contributed by atoms with Gasteiger partial charge in [-0.1, -0.05) is 0 Å². The zero-order valence-corrected chi connectivity index (χ0v) is 4.22. The van der Waals surface area contributed by atoms with Crippen LogP contribution in [0.1, 0.15) is 0 Å². The molecule has 0 N–H and O–H groups in total. The van der Waals surface area contributed by atoms with Crippen LogP contribution in [0.25, 0.3) is 0 Å². The second-order valence-electron chi connectivity index (χ2n) is 0.378.